The summed E-state index contributed by atoms with van der Waals surface area (Å²) in [4.78, 5) is 45.5. The van der Waals surface area contributed by atoms with Crippen molar-refractivity contribution in [3.8, 4) is 0 Å². The molecule has 0 aliphatic carbocycles. The molecule has 3 fully saturated rings. The van der Waals surface area contributed by atoms with Gasteiger partial charge in [-0.3, -0.25) is 4.79 Å². The van der Waals surface area contributed by atoms with Crippen LogP contribution in [0.2, 0.25) is 0 Å². The van der Waals surface area contributed by atoms with Gasteiger partial charge in [-0.2, -0.15) is 0 Å². The van der Waals surface area contributed by atoms with Gasteiger partial charge < -0.3 is 57.7 Å². The number of benzene rings is 3. The number of methoxy groups -OCH3 is 1. The Labute approximate surface area is 460 Å². The largest absolute Gasteiger partial charge is 0.459 e. The van der Waals surface area contributed by atoms with Gasteiger partial charge in [0.2, 0.25) is 0 Å². The number of ether oxygens (including phenoxy) is 9. The summed E-state index contributed by atoms with van der Waals surface area (Å²) in [5, 5.41) is 24.8. The van der Waals surface area contributed by atoms with Crippen LogP contribution in [0.3, 0.4) is 0 Å². The highest BCUT2D eigenvalue weighted by atomic mass is 32.2. The summed E-state index contributed by atoms with van der Waals surface area (Å²) < 4.78 is 65.2. The van der Waals surface area contributed by atoms with Crippen LogP contribution in [0.25, 0.3) is 0 Å². The first-order valence-corrected chi connectivity index (χ1v) is 27.8. The average Bonchev–Trinajstić information content (AvgIpc) is 3.42. The average molecular weight is 1090 g/mol. The highest BCUT2D eigenvalue weighted by Crippen LogP contribution is 2.44. The summed E-state index contributed by atoms with van der Waals surface area (Å²) in [7, 11) is 5.37. The molecule has 0 unspecified atom stereocenters. The van der Waals surface area contributed by atoms with Crippen molar-refractivity contribution >= 4 is 35.6 Å². The Hall–Kier alpha value is -4.53. The Morgan fingerprint density at radius 2 is 1.39 bits per heavy atom. The molecule has 0 radical (unpaired) electrons. The Bertz CT molecular complexity index is 2410. The van der Waals surface area contributed by atoms with Crippen LogP contribution < -0.4 is 0 Å². The SMILES string of the molecule is C=CCO[C@]1(C)C[C@@H](C)/C(=N\Sc2ccccc2)[C@H](C)[C@@H](O)[C@](C)(O)[C@@H](CC)OC(=O)[C@H](C)[C@@H](O[C@H]2C[C@@](C)(OC)[C@@H](OC(=O)c3ccccc3)[C@H](C)O2)[C@H](C)[C@H]1O[C@@H]1O[C@H](C)C[C@H](N(C)C)[C@H]1OC(=O)c1ccccc1. The van der Waals surface area contributed by atoms with Crippen molar-refractivity contribution in [2.45, 2.75) is 184 Å². The van der Waals surface area contributed by atoms with E-state index in [0.717, 1.165) is 4.90 Å². The number of hydrogen-bond donors (Lipinski definition) is 2. The van der Waals surface area contributed by atoms with Gasteiger partial charge in [-0.05, 0) is 117 Å². The lowest BCUT2D eigenvalue weighted by Gasteiger charge is -2.50. The monoisotopic (exact) mass is 1090 g/mol. The fourth-order valence-corrected chi connectivity index (χ4v) is 12.2. The van der Waals surface area contributed by atoms with Gasteiger partial charge >= 0.3 is 17.9 Å². The lowest BCUT2D eigenvalue weighted by atomic mass is 9.73. The third-order valence-electron chi connectivity index (χ3n) is 15.8. The summed E-state index contributed by atoms with van der Waals surface area (Å²) in [6, 6.07) is 26.6. The van der Waals surface area contributed by atoms with Gasteiger partial charge in [0.1, 0.15) is 17.3 Å². The quantitative estimate of drug-likeness (QED) is 0.0597. The van der Waals surface area contributed by atoms with E-state index < -0.39 is 114 Å². The minimum Gasteiger partial charge on any atom is -0.459 e. The lowest BCUT2D eigenvalue weighted by molar-refractivity contribution is -0.319. The summed E-state index contributed by atoms with van der Waals surface area (Å²) >= 11 is 1.24. The van der Waals surface area contributed by atoms with E-state index in [2.05, 4.69) is 6.58 Å². The van der Waals surface area contributed by atoms with E-state index >= 15 is 4.79 Å². The van der Waals surface area contributed by atoms with E-state index in [0.29, 0.717) is 23.3 Å². The van der Waals surface area contributed by atoms with Crippen LogP contribution in [0.15, 0.2) is 113 Å². The van der Waals surface area contributed by atoms with Crippen molar-refractivity contribution in [2.24, 2.45) is 28.1 Å². The summed E-state index contributed by atoms with van der Waals surface area (Å²) in [6.45, 7) is 22.2. The van der Waals surface area contributed by atoms with Crippen molar-refractivity contribution in [1.29, 1.82) is 0 Å². The van der Waals surface area contributed by atoms with Crippen LogP contribution in [0, 0.1) is 23.7 Å². The van der Waals surface area contributed by atoms with Gasteiger partial charge in [0.05, 0.1) is 65.8 Å². The van der Waals surface area contributed by atoms with E-state index in [9.17, 15) is 19.8 Å². The first-order valence-electron chi connectivity index (χ1n) is 27.0. The molecule has 16 nitrogen and oxygen atoms in total. The molecule has 0 bridgehead atoms. The third-order valence-corrected chi connectivity index (χ3v) is 16.6. The second kappa shape index (κ2) is 27.1. The van der Waals surface area contributed by atoms with Crippen LogP contribution in [0.5, 0.6) is 0 Å². The Kier molecular flexibility index (Phi) is 21.7. The first-order chi connectivity index (χ1) is 36.5. The zero-order valence-electron chi connectivity index (χ0n) is 47.2. The molecular formula is C60H84N2O14S. The third kappa shape index (κ3) is 14.8. The smallest absolute Gasteiger partial charge is 0.338 e. The van der Waals surface area contributed by atoms with Gasteiger partial charge in [-0.25, -0.2) is 14.0 Å². The number of aliphatic hydroxyl groups is 2. The number of cyclic esters (lactones) is 1. The lowest BCUT2D eigenvalue weighted by Crippen LogP contribution is -2.62. The molecule has 0 saturated carbocycles. The molecule has 3 aromatic rings. The molecule has 0 amide bonds. The minimum atomic E-state index is -1.96. The maximum atomic E-state index is 15.0. The number of carbonyl (C=O) groups excluding carboxylic acids is 3. The Balaban J connectivity index is 1.52. The molecule has 3 heterocycles. The highest BCUT2D eigenvalue weighted by Gasteiger charge is 2.55. The van der Waals surface area contributed by atoms with Gasteiger partial charge in [0.25, 0.3) is 0 Å². The molecule has 3 aromatic carbocycles. The molecule has 0 aromatic heterocycles. The number of esters is 3. The molecule has 77 heavy (non-hydrogen) atoms. The van der Waals surface area contributed by atoms with Crippen molar-refractivity contribution in [3.05, 3.63) is 115 Å². The van der Waals surface area contributed by atoms with Gasteiger partial charge in [0, 0.05) is 47.9 Å². The molecule has 3 aliphatic heterocycles. The number of aliphatic hydroxyl groups excluding tert-OH is 1. The maximum Gasteiger partial charge on any atom is 0.338 e. The predicted molar refractivity (Wildman–Crippen MR) is 294 cm³/mol. The van der Waals surface area contributed by atoms with E-state index in [1.165, 1.54) is 26.0 Å². The number of nitrogens with zero attached hydrogens (tertiary/aromatic N) is 2. The molecule has 424 valence electrons. The van der Waals surface area contributed by atoms with Crippen LogP contribution in [0.1, 0.15) is 116 Å². The molecule has 3 saturated heterocycles. The second-order valence-corrected chi connectivity index (χ2v) is 22.9. The summed E-state index contributed by atoms with van der Waals surface area (Å²) in [5.41, 5.74) is -3.18. The Morgan fingerprint density at radius 1 is 0.805 bits per heavy atom. The van der Waals surface area contributed by atoms with E-state index in [1.54, 1.807) is 75.4 Å². The van der Waals surface area contributed by atoms with Crippen LogP contribution in [0.4, 0.5) is 0 Å². The maximum absolute atomic E-state index is 15.0. The van der Waals surface area contributed by atoms with Gasteiger partial charge in [-0.1, -0.05) is 88.4 Å². The normalized spacial score (nSPS) is 37.1. The molecule has 17 heteroatoms. The molecular weight excluding hydrogens is 1000 g/mol. The van der Waals surface area contributed by atoms with Crippen molar-refractivity contribution in [2.75, 3.05) is 27.8 Å². The minimum absolute atomic E-state index is 0.0545. The van der Waals surface area contributed by atoms with E-state index in [4.69, 9.17) is 47.0 Å². The molecule has 6 rings (SSSR count). The van der Waals surface area contributed by atoms with Crippen LogP contribution in [-0.2, 0) is 47.4 Å². The predicted octanol–water partition coefficient (Wildman–Crippen LogP) is 9.30. The zero-order chi connectivity index (χ0) is 56.4. The van der Waals surface area contributed by atoms with Crippen LogP contribution >= 0.6 is 11.9 Å². The van der Waals surface area contributed by atoms with Gasteiger partial charge in [0.15, 0.2) is 24.8 Å². The molecule has 18 atom stereocenters. The standard InChI is InChI=1S/C60H84N2O14S/c1-15-32-69-59(10)34-36(3)48(61-77-44-30-24-19-25-31-44)38(5)51(63)60(11,67)46(16-2)72-54(64)40(7)49(73-47-35-58(9,68-14)53(41(8)71-47)75-56(66)43-28-22-18-23-29-43)39(6)52(59)76-57-50(45(62(12)13)33-37(4)70-57)74-55(65)42-26-20-17-21-27-42/h15,17-31,36-41,45-47,49-53,57,63,67H,1,16,32-35H2,2-14H3/b61-48+/t36-,37-,38+,39+,40-,41+,45+,46-,47+,49+,50-,51-,52-,53+,57+,58-,59-,60-/m1/s1. The first kappa shape index (κ1) is 61.7. The fourth-order valence-electron chi connectivity index (χ4n) is 11.4. The molecule has 3 aliphatic rings. The number of rotatable bonds is 16. The van der Waals surface area contributed by atoms with Crippen molar-refractivity contribution in [3.63, 3.8) is 0 Å². The van der Waals surface area contributed by atoms with Crippen LogP contribution in [-0.4, -0.2) is 151 Å². The molecule has 2 N–H and O–H groups in total. The van der Waals surface area contributed by atoms with E-state index in [1.807, 2.05) is 103 Å². The zero-order valence-corrected chi connectivity index (χ0v) is 48.1. The fraction of sp³-hybridized carbons (Fsp3) is 0.600. The number of likely N-dealkylation sites (N-methyl/N-ethyl adjacent to an activating group) is 1. The summed E-state index contributed by atoms with van der Waals surface area (Å²) in [6.07, 6.45) is -7.51. The van der Waals surface area contributed by atoms with Crippen molar-refractivity contribution in [1.82, 2.24) is 4.90 Å². The number of carbonyl (C=O) groups is 3. The second-order valence-electron chi connectivity index (χ2n) is 22.0. The van der Waals surface area contributed by atoms with Gasteiger partial charge in [-0.15, -0.1) is 6.58 Å². The molecule has 0 spiro atoms. The summed E-state index contributed by atoms with van der Waals surface area (Å²) in [5.74, 6) is -5.01. The Morgan fingerprint density at radius 3 is 1.95 bits per heavy atom. The highest BCUT2D eigenvalue weighted by molar-refractivity contribution is 7.98. The van der Waals surface area contributed by atoms with Crippen molar-refractivity contribution < 1.29 is 67.2 Å². The number of hydrogen-bond acceptors (Lipinski definition) is 17. The topological polar surface area (TPSA) is 190 Å². The van der Waals surface area contributed by atoms with E-state index in [-0.39, 0.29) is 38.0 Å².